The summed E-state index contributed by atoms with van der Waals surface area (Å²) in [6.07, 6.45) is 11.4. The highest BCUT2D eigenvalue weighted by atomic mass is 79.9. The molecule has 0 atom stereocenters. The highest BCUT2D eigenvalue weighted by molar-refractivity contribution is 9.09. The first kappa shape index (κ1) is 14.6. The number of para-hydroxylation sites is 2. The number of alkyl halides is 1. The number of unbranched alkanes of at least 4 members (excludes halogenated alkanes) is 6. The third-order valence-electron chi connectivity index (χ3n) is 3.56. The molecule has 0 aliphatic heterocycles. The van der Waals surface area contributed by atoms with Crippen LogP contribution in [0.5, 0.6) is 0 Å². The van der Waals surface area contributed by atoms with Crippen molar-refractivity contribution < 1.29 is 0 Å². The molecule has 0 fully saturated rings. The smallest absolute Gasteiger partial charge is 0.0958 e. The number of rotatable bonds is 9. The molecule has 0 aliphatic rings. The largest absolute Gasteiger partial charge is 0.331 e. The van der Waals surface area contributed by atoms with E-state index in [0.29, 0.717) is 0 Å². The summed E-state index contributed by atoms with van der Waals surface area (Å²) in [4.78, 5) is 4.43. The molecule has 0 radical (unpaired) electrons. The van der Waals surface area contributed by atoms with Crippen molar-refractivity contribution in [2.24, 2.45) is 0 Å². The second-order valence-electron chi connectivity index (χ2n) is 5.09. The van der Waals surface area contributed by atoms with Gasteiger partial charge in [-0.05, 0) is 25.0 Å². The van der Waals surface area contributed by atoms with Gasteiger partial charge in [0.05, 0.1) is 17.4 Å². The van der Waals surface area contributed by atoms with Gasteiger partial charge in [-0.15, -0.1) is 0 Å². The Morgan fingerprint density at radius 3 is 2.37 bits per heavy atom. The van der Waals surface area contributed by atoms with Gasteiger partial charge in [-0.1, -0.05) is 60.2 Å². The van der Waals surface area contributed by atoms with Gasteiger partial charge >= 0.3 is 0 Å². The number of nitrogens with zero attached hydrogens (tertiary/aromatic N) is 2. The van der Waals surface area contributed by atoms with E-state index in [-0.39, 0.29) is 0 Å². The summed E-state index contributed by atoms with van der Waals surface area (Å²) in [5.74, 6) is 0. The Labute approximate surface area is 124 Å². The third-order valence-corrected chi connectivity index (χ3v) is 4.12. The van der Waals surface area contributed by atoms with Crippen molar-refractivity contribution in [1.82, 2.24) is 9.55 Å². The Kier molecular flexibility index (Phi) is 6.42. The molecule has 2 aromatic rings. The van der Waals surface area contributed by atoms with Gasteiger partial charge in [-0.2, -0.15) is 0 Å². The van der Waals surface area contributed by atoms with Gasteiger partial charge in [-0.25, -0.2) is 4.98 Å². The number of halogens is 1. The second kappa shape index (κ2) is 8.36. The Morgan fingerprint density at radius 2 is 1.58 bits per heavy atom. The minimum atomic E-state index is 1.10. The Balaban J connectivity index is 1.63. The molecule has 1 aromatic carbocycles. The predicted molar refractivity (Wildman–Crippen MR) is 85.8 cm³/mol. The van der Waals surface area contributed by atoms with Gasteiger partial charge in [0.15, 0.2) is 0 Å². The minimum Gasteiger partial charge on any atom is -0.331 e. The molecule has 19 heavy (non-hydrogen) atoms. The second-order valence-corrected chi connectivity index (χ2v) is 5.88. The fraction of sp³-hybridized carbons (Fsp3) is 0.562. The highest BCUT2D eigenvalue weighted by Crippen LogP contribution is 2.14. The number of hydrogen-bond acceptors (Lipinski definition) is 1. The summed E-state index contributed by atoms with van der Waals surface area (Å²) >= 11 is 3.48. The molecular formula is C16H23BrN2. The van der Waals surface area contributed by atoms with Gasteiger partial charge in [0.25, 0.3) is 0 Å². The minimum absolute atomic E-state index is 1.10. The summed E-state index contributed by atoms with van der Waals surface area (Å²) in [7, 11) is 0. The van der Waals surface area contributed by atoms with Crippen LogP contribution in [-0.2, 0) is 6.54 Å². The highest BCUT2D eigenvalue weighted by Gasteiger charge is 2.00. The first-order chi connectivity index (χ1) is 9.42. The van der Waals surface area contributed by atoms with Crippen LogP contribution in [0.1, 0.15) is 44.9 Å². The molecule has 0 saturated heterocycles. The van der Waals surface area contributed by atoms with Crippen molar-refractivity contribution >= 4 is 27.0 Å². The predicted octanol–water partition coefficient (Wildman–Crippen LogP) is 5.16. The van der Waals surface area contributed by atoms with Crippen LogP contribution in [-0.4, -0.2) is 14.9 Å². The Hall–Kier alpha value is -0.830. The van der Waals surface area contributed by atoms with Crippen LogP contribution in [0.2, 0.25) is 0 Å². The number of imidazole rings is 1. The van der Waals surface area contributed by atoms with Crippen LogP contribution in [0, 0.1) is 0 Å². The maximum absolute atomic E-state index is 4.43. The fourth-order valence-electron chi connectivity index (χ4n) is 2.45. The molecule has 0 unspecified atom stereocenters. The number of fused-ring (bicyclic) bond motifs is 1. The van der Waals surface area contributed by atoms with Crippen LogP contribution in [0.25, 0.3) is 11.0 Å². The van der Waals surface area contributed by atoms with Gasteiger partial charge < -0.3 is 4.57 Å². The summed E-state index contributed by atoms with van der Waals surface area (Å²) in [6.45, 7) is 1.10. The summed E-state index contributed by atoms with van der Waals surface area (Å²) < 4.78 is 2.28. The number of aryl methyl sites for hydroxylation is 1. The molecular weight excluding hydrogens is 300 g/mol. The van der Waals surface area contributed by atoms with Crippen molar-refractivity contribution in [2.45, 2.75) is 51.5 Å². The zero-order valence-corrected chi connectivity index (χ0v) is 13.1. The SMILES string of the molecule is BrCCCCCCCCCn1cnc2ccccc21. The lowest BCUT2D eigenvalue weighted by atomic mass is 10.1. The average molecular weight is 323 g/mol. The normalized spacial score (nSPS) is 11.2. The van der Waals surface area contributed by atoms with Gasteiger partial charge in [0, 0.05) is 11.9 Å². The Morgan fingerprint density at radius 1 is 0.895 bits per heavy atom. The quantitative estimate of drug-likeness (QED) is 0.460. The lowest BCUT2D eigenvalue weighted by Crippen LogP contribution is -1.95. The molecule has 104 valence electrons. The van der Waals surface area contributed by atoms with E-state index in [1.54, 1.807) is 0 Å². The molecule has 0 amide bonds. The molecule has 0 bridgehead atoms. The third kappa shape index (κ3) is 4.64. The number of aromatic nitrogens is 2. The molecule has 0 saturated carbocycles. The lowest BCUT2D eigenvalue weighted by Gasteiger charge is -2.04. The number of benzene rings is 1. The molecule has 1 heterocycles. The molecule has 2 rings (SSSR count). The monoisotopic (exact) mass is 322 g/mol. The van der Waals surface area contributed by atoms with Crippen LogP contribution in [0.15, 0.2) is 30.6 Å². The van der Waals surface area contributed by atoms with E-state index in [1.807, 2.05) is 12.4 Å². The topological polar surface area (TPSA) is 17.8 Å². The van der Waals surface area contributed by atoms with Crippen molar-refractivity contribution in [1.29, 1.82) is 0 Å². The van der Waals surface area contributed by atoms with E-state index >= 15 is 0 Å². The fourth-order valence-corrected chi connectivity index (χ4v) is 2.85. The van der Waals surface area contributed by atoms with E-state index in [9.17, 15) is 0 Å². The van der Waals surface area contributed by atoms with Crippen LogP contribution < -0.4 is 0 Å². The van der Waals surface area contributed by atoms with Crippen molar-refractivity contribution in [3.8, 4) is 0 Å². The van der Waals surface area contributed by atoms with Crippen molar-refractivity contribution in [3.63, 3.8) is 0 Å². The van der Waals surface area contributed by atoms with Crippen LogP contribution in [0.3, 0.4) is 0 Å². The number of hydrogen-bond donors (Lipinski definition) is 0. The average Bonchev–Trinajstić information content (AvgIpc) is 2.85. The maximum atomic E-state index is 4.43. The molecule has 1 aromatic heterocycles. The van der Waals surface area contributed by atoms with Gasteiger partial charge in [0.2, 0.25) is 0 Å². The zero-order chi connectivity index (χ0) is 13.3. The molecule has 3 heteroatoms. The van der Waals surface area contributed by atoms with Gasteiger partial charge in [0.1, 0.15) is 0 Å². The van der Waals surface area contributed by atoms with E-state index < -0.39 is 0 Å². The first-order valence-corrected chi connectivity index (χ1v) is 8.50. The van der Waals surface area contributed by atoms with E-state index in [4.69, 9.17) is 0 Å². The van der Waals surface area contributed by atoms with E-state index in [0.717, 1.165) is 17.4 Å². The molecule has 0 N–H and O–H groups in total. The first-order valence-electron chi connectivity index (χ1n) is 7.37. The van der Waals surface area contributed by atoms with Gasteiger partial charge in [-0.3, -0.25) is 0 Å². The standard InChI is InChI=1S/C16H23BrN2/c17-12-8-4-2-1-3-5-9-13-19-14-18-15-10-6-7-11-16(15)19/h6-7,10-11,14H,1-5,8-9,12-13H2. The van der Waals surface area contributed by atoms with Crippen molar-refractivity contribution in [3.05, 3.63) is 30.6 Å². The summed E-state index contributed by atoms with van der Waals surface area (Å²) in [5.41, 5.74) is 2.37. The Bertz CT molecular complexity index is 478. The molecule has 0 spiro atoms. The van der Waals surface area contributed by atoms with E-state index in [1.165, 1.54) is 50.5 Å². The van der Waals surface area contributed by atoms with Crippen LogP contribution >= 0.6 is 15.9 Å². The van der Waals surface area contributed by atoms with Crippen molar-refractivity contribution in [2.75, 3.05) is 5.33 Å². The van der Waals surface area contributed by atoms with E-state index in [2.05, 4.69) is 43.7 Å². The lowest BCUT2D eigenvalue weighted by molar-refractivity contribution is 0.556. The molecule has 2 nitrogen and oxygen atoms in total. The zero-order valence-electron chi connectivity index (χ0n) is 11.5. The molecule has 0 aliphatic carbocycles. The summed E-state index contributed by atoms with van der Waals surface area (Å²) in [5, 5.41) is 1.15. The maximum Gasteiger partial charge on any atom is 0.0958 e. The van der Waals surface area contributed by atoms with Crippen LogP contribution in [0.4, 0.5) is 0 Å². The summed E-state index contributed by atoms with van der Waals surface area (Å²) in [6, 6.07) is 8.37.